The molecule has 0 bridgehead atoms. The Kier molecular flexibility index (Phi) is 4.92. The molecule has 0 atom stereocenters. The molecule has 4 heteroatoms. The van der Waals surface area contributed by atoms with Crippen LogP contribution in [0.2, 0.25) is 10.0 Å². The molecule has 2 nitrogen and oxygen atoms in total. The van der Waals surface area contributed by atoms with E-state index in [0.29, 0.717) is 23.2 Å². The summed E-state index contributed by atoms with van der Waals surface area (Å²) in [5.74, 6) is 0.873. The molecule has 0 heterocycles. The van der Waals surface area contributed by atoms with Gasteiger partial charge < -0.3 is 10.5 Å². The van der Waals surface area contributed by atoms with E-state index in [4.69, 9.17) is 33.7 Å². The molecule has 0 aromatic heterocycles. The predicted molar refractivity (Wildman–Crippen MR) is 84.6 cm³/mol. The van der Waals surface area contributed by atoms with E-state index < -0.39 is 0 Å². The molecule has 2 aromatic rings. The van der Waals surface area contributed by atoms with Crippen LogP contribution in [0.25, 0.3) is 0 Å². The average Bonchev–Trinajstić information content (AvgIpc) is 2.42. The Hall–Kier alpha value is -1.22. The summed E-state index contributed by atoms with van der Waals surface area (Å²) in [5, 5.41) is 1.09. The summed E-state index contributed by atoms with van der Waals surface area (Å²) in [6, 6.07) is 9.63. The second kappa shape index (κ2) is 6.49. The van der Waals surface area contributed by atoms with Crippen LogP contribution in [-0.2, 0) is 13.2 Å². The van der Waals surface area contributed by atoms with E-state index in [1.54, 1.807) is 6.07 Å². The van der Waals surface area contributed by atoms with E-state index in [1.165, 1.54) is 0 Å². The summed E-state index contributed by atoms with van der Waals surface area (Å²) < 4.78 is 5.91. The van der Waals surface area contributed by atoms with Crippen molar-refractivity contribution in [3.05, 3.63) is 62.6 Å². The van der Waals surface area contributed by atoms with Crippen LogP contribution in [0.5, 0.6) is 5.75 Å². The fourth-order valence-corrected chi connectivity index (χ4v) is 2.57. The first-order chi connectivity index (χ1) is 9.52. The molecule has 2 aromatic carbocycles. The maximum Gasteiger partial charge on any atom is 0.125 e. The van der Waals surface area contributed by atoms with Crippen molar-refractivity contribution in [2.45, 2.75) is 27.0 Å². The first kappa shape index (κ1) is 15.2. The standard InChI is InChI=1S/C16H17Cl2NO/c1-10-6-12(8-19)7-11(2)16(10)20-9-13-4-3-5-14(17)15(13)18/h3-7H,8-9,19H2,1-2H3. The molecule has 0 spiro atoms. The van der Waals surface area contributed by atoms with Gasteiger partial charge in [0.2, 0.25) is 0 Å². The third-order valence-electron chi connectivity index (χ3n) is 3.16. The van der Waals surface area contributed by atoms with Crippen LogP contribution in [0.1, 0.15) is 22.3 Å². The van der Waals surface area contributed by atoms with Crippen LogP contribution in [0.4, 0.5) is 0 Å². The van der Waals surface area contributed by atoms with Crippen molar-refractivity contribution in [2.75, 3.05) is 0 Å². The normalized spacial score (nSPS) is 10.7. The molecule has 0 saturated carbocycles. The van der Waals surface area contributed by atoms with Gasteiger partial charge in [0.25, 0.3) is 0 Å². The van der Waals surface area contributed by atoms with Crippen LogP contribution in [-0.4, -0.2) is 0 Å². The molecule has 0 amide bonds. The molecule has 106 valence electrons. The van der Waals surface area contributed by atoms with E-state index in [0.717, 1.165) is 28.0 Å². The number of rotatable bonds is 4. The third-order valence-corrected chi connectivity index (χ3v) is 4.02. The molecule has 0 fully saturated rings. The van der Waals surface area contributed by atoms with Gasteiger partial charge >= 0.3 is 0 Å². The molecule has 0 aliphatic carbocycles. The molecule has 0 aliphatic heterocycles. The van der Waals surface area contributed by atoms with Crippen molar-refractivity contribution >= 4 is 23.2 Å². The molecular formula is C16H17Cl2NO. The highest BCUT2D eigenvalue weighted by Gasteiger charge is 2.09. The fraction of sp³-hybridized carbons (Fsp3) is 0.250. The van der Waals surface area contributed by atoms with Gasteiger partial charge in [-0.3, -0.25) is 0 Å². The maximum absolute atomic E-state index is 6.16. The van der Waals surface area contributed by atoms with Gasteiger partial charge in [-0.25, -0.2) is 0 Å². The SMILES string of the molecule is Cc1cc(CN)cc(C)c1OCc1cccc(Cl)c1Cl. The van der Waals surface area contributed by atoms with E-state index in [-0.39, 0.29) is 0 Å². The molecule has 2 rings (SSSR count). The molecule has 0 aliphatic rings. The largest absolute Gasteiger partial charge is 0.488 e. The zero-order chi connectivity index (χ0) is 14.7. The number of nitrogens with two attached hydrogens (primary N) is 1. The van der Waals surface area contributed by atoms with Crippen molar-refractivity contribution in [2.24, 2.45) is 5.73 Å². The van der Waals surface area contributed by atoms with Gasteiger partial charge in [-0.15, -0.1) is 0 Å². The topological polar surface area (TPSA) is 35.2 Å². The number of aryl methyl sites for hydroxylation is 2. The average molecular weight is 310 g/mol. The Morgan fingerprint density at radius 3 is 2.35 bits per heavy atom. The van der Waals surface area contributed by atoms with Crippen LogP contribution in [0, 0.1) is 13.8 Å². The summed E-state index contributed by atoms with van der Waals surface area (Å²) in [5.41, 5.74) is 9.79. The number of hydrogen-bond donors (Lipinski definition) is 1. The molecule has 20 heavy (non-hydrogen) atoms. The zero-order valence-electron chi connectivity index (χ0n) is 11.5. The maximum atomic E-state index is 6.16. The van der Waals surface area contributed by atoms with Gasteiger partial charge in [-0.05, 0) is 36.6 Å². The number of ether oxygens (including phenoxy) is 1. The molecule has 0 unspecified atom stereocenters. The van der Waals surface area contributed by atoms with Crippen molar-refractivity contribution in [3.63, 3.8) is 0 Å². The second-order valence-electron chi connectivity index (χ2n) is 4.76. The minimum atomic E-state index is 0.392. The van der Waals surface area contributed by atoms with Gasteiger partial charge in [0.15, 0.2) is 0 Å². The Bertz CT molecular complexity index is 603. The van der Waals surface area contributed by atoms with Gasteiger partial charge in [0, 0.05) is 12.1 Å². The monoisotopic (exact) mass is 309 g/mol. The third kappa shape index (κ3) is 3.26. The molecular weight excluding hydrogens is 293 g/mol. The van der Waals surface area contributed by atoms with Crippen LogP contribution < -0.4 is 10.5 Å². The highest BCUT2D eigenvalue weighted by atomic mass is 35.5. The minimum Gasteiger partial charge on any atom is -0.488 e. The molecule has 0 radical (unpaired) electrons. The van der Waals surface area contributed by atoms with Gasteiger partial charge in [-0.1, -0.05) is 47.5 Å². The van der Waals surface area contributed by atoms with Crippen LogP contribution in [0.15, 0.2) is 30.3 Å². The molecule has 2 N–H and O–H groups in total. The van der Waals surface area contributed by atoms with Crippen molar-refractivity contribution < 1.29 is 4.74 Å². The lowest BCUT2D eigenvalue weighted by molar-refractivity contribution is 0.302. The highest BCUT2D eigenvalue weighted by molar-refractivity contribution is 6.42. The Morgan fingerprint density at radius 1 is 1.10 bits per heavy atom. The van der Waals surface area contributed by atoms with Crippen molar-refractivity contribution in [3.8, 4) is 5.75 Å². The predicted octanol–water partition coefficient (Wildman–Crippen LogP) is 4.65. The van der Waals surface area contributed by atoms with Gasteiger partial charge in [-0.2, -0.15) is 0 Å². The number of halogens is 2. The van der Waals surface area contributed by atoms with Crippen LogP contribution >= 0.6 is 23.2 Å². The Morgan fingerprint density at radius 2 is 1.75 bits per heavy atom. The Labute approximate surface area is 129 Å². The smallest absolute Gasteiger partial charge is 0.125 e. The van der Waals surface area contributed by atoms with Gasteiger partial charge in [0.1, 0.15) is 12.4 Å². The van der Waals surface area contributed by atoms with Crippen molar-refractivity contribution in [1.82, 2.24) is 0 Å². The summed E-state index contributed by atoms with van der Waals surface area (Å²) >= 11 is 12.2. The summed E-state index contributed by atoms with van der Waals surface area (Å²) in [6.07, 6.45) is 0. The first-order valence-corrected chi connectivity index (χ1v) is 7.14. The highest BCUT2D eigenvalue weighted by Crippen LogP contribution is 2.29. The lowest BCUT2D eigenvalue weighted by atomic mass is 10.1. The zero-order valence-corrected chi connectivity index (χ0v) is 13.1. The lowest BCUT2D eigenvalue weighted by Crippen LogP contribution is -2.03. The quantitative estimate of drug-likeness (QED) is 0.892. The Balaban J connectivity index is 2.21. The number of benzene rings is 2. The number of hydrogen-bond acceptors (Lipinski definition) is 2. The van der Waals surface area contributed by atoms with Crippen molar-refractivity contribution in [1.29, 1.82) is 0 Å². The minimum absolute atomic E-state index is 0.392. The van der Waals surface area contributed by atoms with E-state index >= 15 is 0 Å². The van der Waals surface area contributed by atoms with Crippen LogP contribution in [0.3, 0.4) is 0 Å². The second-order valence-corrected chi connectivity index (χ2v) is 5.55. The van der Waals surface area contributed by atoms with E-state index in [1.807, 2.05) is 38.1 Å². The molecule has 0 saturated heterocycles. The fourth-order valence-electron chi connectivity index (χ4n) is 2.20. The summed E-state index contributed by atoms with van der Waals surface area (Å²) in [7, 11) is 0. The van der Waals surface area contributed by atoms with E-state index in [2.05, 4.69) is 0 Å². The first-order valence-electron chi connectivity index (χ1n) is 6.38. The summed E-state index contributed by atoms with van der Waals surface area (Å²) in [4.78, 5) is 0. The lowest BCUT2D eigenvalue weighted by Gasteiger charge is -2.14. The summed E-state index contributed by atoms with van der Waals surface area (Å²) in [6.45, 7) is 4.95. The van der Waals surface area contributed by atoms with Gasteiger partial charge in [0.05, 0.1) is 10.0 Å². The van der Waals surface area contributed by atoms with E-state index in [9.17, 15) is 0 Å².